The van der Waals surface area contributed by atoms with E-state index in [0.29, 0.717) is 23.3 Å². The van der Waals surface area contributed by atoms with Crippen molar-refractivity contribution < 1.29 is 14.0 Å². The second-order valence-electron chi connectivity index (χ2n) is 6.98. The molecule has 2 saturated heterocycles. The van der Waals surface area contributed by atoms with Gasteiger partial charge in [-0.1, -0.05) is 0 Å². The van der Waals surface area contributed by atoms with E-state index in [4.69, 9.17) is 4.42 Å². The van der Waals surface area contributed by atoms with Crippen LogP contribution in [-0.4, -0.2) is 42.8 Å². The van der Waals surface area contributed by atoms with Crippen LogP contribution in [0.2, 0.25) is 0 Å². The van der Waals surface area contributed by atoms with E-state index in [0.717, 1.165) is 51.9 Å². The maximum absolute atomic E-state index is 12.9. The number of furan rings is 1. The van der Waals surface area contributed by atoms with E-state index in [1.165, 1.54) is 12.7 Å². The number of carbonyl (C=O) groups excluding carboxylic acids is 2. The average Bonchev–Trinajstić information content (AvgIpc) is 3.15. The predicted molar refractivity (Wildman–Crippen MR) is 81.0 cm³/mol. The van der Waals surface area contributed by atoms with Gasteiger partial charge in [-0.3, -0.25) is 9.59 Å². The molecule has 1 spiro atoms. The maximum Gasteiger partial charge on any atom is 0.257 e. The Labute approximate surface area is 130 Å². The van der Waals surface area contributed by atoms with Crippen LogP contribution in [0.25, 0.3) is 0 Å². The number of hydrogen-bond acceptors (Lipinski definition) is 4. The first kappa shape index (κ1) is 14.0. The first-order chi connectivity index (χ1) is 10.7. The zero-order valence-corrected chi connectivity index (χ0v) is 12.8. The minimum absolute atomic E-state index is 0.0220. The van der Waals surface area contributed by atoms with Crippen molar-refractivity contribution >= 4 is 11.7 Å². The van der Waals surface area contributed by atoms with Crippen molar-refractivity contribution in [2.75, 3.05) is 26.2 Å². The molecule has 4 rings (SSSR count). The molecule has 1 amide bonds. The third-order valence-electron chi connectivity index (χ3n) is 5.46. The van der Waals surface area contributed by atoms with Crippen LogP contribution < -0.4 is 5.32 Å². The summed E-state index contributed by atoms with van der Waals surface area (Å²) in [5, 5.41) is 3.42. The lowest BCUT2D eigenvalue weighted by Gasteiger charge is -2.40. The Morgan fingerprint density at radius 2 is 2.18 bits per heavy atom. The molecule has 5 nitrogen and oxygen atoms in total. The van der Waals surface area contributed by atoms with Gasteiger partial charge in [-0.25, -0.2) is 0 Å². The molecule has 0 bridgehead atoms. The highest BCUT2D eigenvalue weighted by molar-refractivity contribution is 6.09. The van der Waals surface area contributed by atoms with Crippen LogP contribution in [0.3, 0.4) is 0 Å². The highest BCUT2D eigenvalue weighted by Crippen LogP contribution is 2.36. The van der Waals surface area contributed by atoms with Gasteiger partial charge >= 0.3 is 0 Å². The monoisotopic (exact) mass is 302 g/mol. The summed E-state index contributed by atoms with van der Waals surface area (Å²) in [5.74, 6) is 0.743. The standard InChI is InChI=1S/C17H22N2O3/c20-13-3-1-4-14-15(13)12(9-22-14)16(21)19-8-2-5-17(11-19)6-7-18-10-17/h9,18H,1-8,10-11H2/t17-/m0/s1. The van der Waals surface area contributed by atoms with E-state index in [2.05, 4.69) is 5.32 Å². The lowest BCUT2D eigenvalue weighted by molar-refractivity contribution is 0.0550. The molecule has 1 aromatic heterocycles. The summed E-state index contributed by atoms with van der Waals surface area (Å²) in [5.41, 5.74) is 1.28. The Bertz CT molecular complexity index is 613. The van der Waals surface area contributed by atoms with Crippen LogP contribution in [0.1, 0.15) is 58.6 Å². The van der Waals surface area contributed by atoms with Crippen LogP contribution >= 0.6 is 0 Å². The van der Waals surface area contributed by atoms with Crippen LogP contribution in [-0.2, 0) is 6.42 Å². The van der Waals surface area contributed by atoms with E-state index in [9.17, 15) is 9.59 Å². The van der Waals surface area contributed by atoms with Gasteiger partial charge in [0.25, 0.3) is 5.91 Å². The second-order valence-corrected chi connectivity index (χ2v) is 6.98. The van der Waals surface area contributed by atoms with Gasteiger partial charge in [-0.2, -0.15) is 0 Å². The summed E-state index contributed by atoms with van der Waals surface area (Å²) >= 11 is 0. The molecule has 2 fully saturated rings. The smallest absolute Gasteiger partial charge is 0.257 e. The highest BCUT2D eigenvalue weighted by Gasteiger charge is 2.40. The molecule has 3 aliphatic rings. The number of nitrogens with zero attached hydrogens (tertiary/aromatic N) is 1. The topological polar surface area (TPSA) is 62.6 Å². The van der Waals surface area contributed by atoms with Gasteiger partial charge in [-0.05, 0) is 32.2 Å². The van der Waals surface area contributed by atoms with E-state index >= 15 is 0 Å². The van der Waals surface area contributed by atoms with Gasteiger partial charge < -0.3 is 14.6 Å². The van der Waals surface area contributed by atoms with Gasteiger partial charge in [0.05, 0.1) is 11.1 Å². The van der Waals surface area contributed by atoms with Crippen molar-refractivity contribution in [2.24, 2.45) is 5.41 Å². The van der Waals surface area contributed by atoms with Crippen LogP contribution in [0.4, 0.5) is 0 Å². The predicted octanol–water partition coefficient (Wildman–Crippen LogP) is 2.01. The lowest BCUT2D eigenvalue weighted by atomic mass is 9.79. The minimum Gasteiger partial charge on any atom is -0.468 e. The van der Waals surface area contributed by atoms with E-state index < -0.39 is 0 Å². The summed E-state index contributed by atoms with van der Waals surface area (Å²) in [6.07, 6.45) is 6.99. The van der Waals surface area contributed by atoms with Gasteiger partial charge in [0.1, 0.15) is 12.0 Å². The van der Waals surface area contributed by atoms with Crippen molar-refractivity contribution in [3.8, 4) is 0 Å². The zero-order valence-electron chi connectivity index (χ0n) is 12.8. The molecule has 0 radical (unpaired) electrons. The fraction of sp³-hybridized carbons (Fsp3) is 0.647. The number of nitrogens with one attached hydrogen (secondary N) is 1. The van der Waals surface area contributed by atoms with Crippen molar-refractivity contribution in [1.29, 1.82) is 0 Å². The first-order valence-corrected chi connectivity index (χ1v) is 8.32. The fourth-order valence-corrected chi connectivity index (χ4v) is 4.28. The fourth-order valence-electron chi connectivity index (χ4n) is 4.28. The number of aryl methyl sites for hydroxylation is 1. The number of piperidine rings is 1. The van der Waals surface area contributed by atoms with Crippen molar-refractivity contribution in [2.45, 2.75) is 38.5 Å². The van der Waals surface area contributed by atoms with Crippen molar-refractivity contribution in [3.63, 3.8) is 0 Å². The molecule has 2 aliphatic heterocycles. The summed E-state index contributed by atoms with van der Waals surface area (Å²) in [6.45, 7) is 3.63. The number of hydrogen-bond donors (Lipinski definition) is 1. The largest absolute Gasteiger partial charge is 0.468 e. The summed E-state index contributed by atoms with van der Waals surface area (Å²) in [6, 6.07) is 0. The Hall–Kier alpha value is -1.62. The summed E-state index contributed by atoms with van der Waals surface area (Å²) in [7, 11) is 0. The SMILES string of the molecule is O=C1CCCc2occ(C(=O)N3CCC[C@@]4(CCNC4)C3)c21. The van der Waals surface area contributed by atoms with E-state index in [1.54, 1.807) is 0 Å². The zero-order chi connectivity index (χ0) is 15.2. The van der Waals surface area contributed by atoms with E-state index in [1.807, 2.05) is 4.90 Å². The number of fused-ring (bicyclic) bond motifs is 1. The molecular formula is C17H22N2O3. The molecule has 1 N–H and O–H groups in total. The van der Waals surface area contributed by atoms with Crippen LogP contribution in [0.5, 0.6) is 0 Å². The molecule has 118 valence electrons. The Morgan fingerprint density at radius 3 is 3.00 bits per heavy atom. The van der Waals surface area contributed by atoms with Crippen LogP contribution in [0, 0.1) is 5.41 Å². The van der Waals surface area contributed by atoms with Crippen molar-refractivity contribution in [3.05, 3.63) is 23.2 Å². The number of likely N-dealkylation sites (tertiary alicyclic amines) is 1. The van der Waals surface area contributed by atoms with Gasteiger partial charge in [0.15, 0.2) is 5.78 Å². The normalized spacial score (nSPS) is 28.2. The van der Waals surface area contributed by atoms with E-state index in [-0.39, 0.29) is 17.1 Å². The van der Waals surface area contributed by atoms with Crippen molar-refractivity contribution in [1.82, 2.24) is 10.2 Å². The Morgan fingerprint density at radius 1 is 1.27 bits per heavy atom. The molecule has 3 heterocycles. The molecule has 0 aromatic carbocycles. The molecule has 1 aromatic rings. The molecule has 5 heteroatoms. The number of rotatable bonds is 1. The lowest BCUT2D eigenvalue weighted by Crippen LogP contribution is -2.47. The number of carbonyl (C=O) groups is 2. The second kappa shape index (κ2) is 5.23. The quantitative estimate of drug-likeness (QED) is 0.862. The Kier molecular flexibility index (Phi) is 3.33. The third kappa shape index (κ3) is 2.19. The number of amides is 1. The molecule has 0 saturated carbocycles. The van der Waals surface area contributed by atoms with Gasteiger partial charge in [0, 0.05) is 37.9 Å². The molecule has 1 aliphatic carbocycles. The third-order valence-corrected chi connectivity index (χ3v) is 5.46. The average molecular weight is 302 g/mol. The summed E-state index contributed by atoms with van der Waals surface area (Å²) < 4.78 is 5.51. The number of Topliss-reactive ketones (excluding diaryl/α,β-unsaturated/α-hetero) is 1. The molecule has 22 heavy (non-hydrogen) atoms. The Balaban J connectivity index is 1.59. The number of ketones is 1. The molecular weight excluding hydrogens is 280 g/mol. The highest BCUT2D eigenvalue weighted by atomic mass is 16.3. The molecule has 0 unspecified atom stereocenters. The maximum atomic E-state index is 12.9. The molecule has 1 atom stereocenters. The van der Waals surface area contributed by atoms with Gasteiger partial charge in [0.2, 0.25) is 0 Å². The minimum atomic E-state index is -0.0220. The first-order valence-electron chi connectivity index (χ1n) is 8.32. The van der Waals surface area contributed by atoms with Gasteiger partial charge in [-0.15, -0.1) is 0 Å². The van der Waals surface area contributed by atoms with Crippen LogP contribution in [0.15, 0.2) is 10.7 Å². The summed E-state index contributed by atoms with van der Waals surface area (Å²) in [4.78, 5) is 27.0.